The minimum Gasteiger partial charge on any atom is -0.482 e. The molecule has 6 nitrogen and oxygen atoms in total. The lowest BCUT2D eigenvalue weighted by atomic mass is 10.1. The van der Waals surface area contributed by atoms with Crippen molar-refractivity contribution in [2.75, 3.05) is 6.61 Å². The molecule has 0 spiro atoms. The van der Waals surface area contributed by atoms with Gasteiger partial charge in [0.15, 0.2) is 6.61 Å². The molecule has 0 heterocycles. The Morgan fingerprint density at radius 1 is 0.939 bits per heavy atom. The highest BCUT2D eigenvalue weighted by molar-refractivity contribution is 7.89. The molecule has 0 bridgehead atoms. The Morgan fingerprint density at radius 2 is 1.48 bits per heavy atom. The van der Waals surface area contributed by atoms with E-state index in [2.05, 4.69) is 4.72 Å². The first-order chi connectivity index (χ1) is 15.7. The summed E-state index contributed by atoms with van der Waals surface area (Å²) in [4.78, 5) is 14.8. The van der Waals surface area contributed by atoms with Gasteiger partial charge in [-0.3, -0.25) is 4.79 Å². The topological polar surface area (TPSA) is 75.7 Å². The van der Waals surface area contributed by atoms with Gasteiger partial charge >= 0.3 is 0 Å². The highest BCUT2D eigenvalue weighted by Gasteiger charge is 2.19. The van der Waals surface area contributed by atoms with Crippen molar-refractivity contribution in [2.24, 2.45) is 0 Å². The second-order valence-electron chi connectivity index (χ2n) is 7.88. The number of hydrogen-bond acceptors (Lipinski definition) is 4. The molecule has 1 N–H and O–H groups in total. The van der Waals surface area contributed by atoms with Gasteiger partial charge in [-0.05, 0) is 43.2 Å². The fraction of sp³-hybridized carbons (Fsp3) is 0.240. The summed E-state index contributed by atoms with van der Waals surface area (Å²) in [7, 11) is -3.68. The second kappa shape index (κ2) is 11.3. The molecule has 8 heteroatoms. The predicted octanol–water partition coefficient (Wildman–Crippen LogP) is 4.63. The Morgan fingerprint density at radius 3 is 1.97 bits per heavy atom. The van der Waals surface area contributed by atoms with Crippen molar-refractivity contribution in [1.29, 1.82) is 0 Å². The Bertz CT molecular complexity index is 1130. The summed E-state index contributed by atoms with van der Waals surface area (Å²) in [5.74, 6) is 0.0323. The normalized spacial score (nSPS) is 11.4. The molecule has 0 aromatic heterocycles. The molecule has 3 rings (SSSR count). The quantitative estimate of drug-likeness (QED) is 0.453. The van der Waals surface area contributed by atoms with Crippen LogP contribution in [-0.4, -0.2) is 31.9 Å². The van der Waals surface area contributed by atoms with Crippen molar-refractivity contribution < 1.29 is 17.9 Å². The lowest BCUT2D eigenvalue weighted by Gasteiger charge is -2.23. The number of hydrogen-bond donors (Lipinski definition) is 1. The number of sulfonamides is 1. The van der Waals surface area contributed by atoms with Gasteiger partial charge in [0.05, 0.1) is 9.92 Å². The number of nitrogens with zero attached hydrogens (tertiary/aromatic N) is 1. The van der Waals surface area contributed by atoms with Crippen molar-refractivity contribution in [3.05, 3.63) is 95.0 Å². The molecule has 0 radical (unpaired) electrons. The molecule has 0 unspecified atom stereocenters. The van der Waals surface area contributed by atoms with Gasteiger partial charge in [0.2, 0.25) is 10.0 Å². The van der Waals surface area contributed by atoms with E-state index in [1.807, 2.05) is 60.7 Å². The standard InChI is InChI=1S/C25H27ClN2O4S/c1-19(2)27-33(30,31)22-13-14-24(23(26)15-22)32-18-25(29)28(16-20-9-5-3-6-10-20)17-21-11-7-4-8-12-21/h3-15,19,27H,16-18H2,1-2H3. The first kappa shape index (κ1) is 24.8. The minimum atomic E-state index is -3.68. The first-order valence-electron chi connectivity index (χ1n) is 10.5. The van der Waals surface area contributed by atoms with Crippen LogP contribution < -0.4 is 9.46 Å². The third-order valence-corrected chi connectivity index (χ3v) is 6.69. The Balaban J connectivity index is 1.71. The molecule has 3 aromatic carbocycles. The van der Waals surface area contributed by atoms with E-state index in [0.717, 1.165) is 11.1 Å². The second-order valence-corrected chi connectivity index (χ2v) is 10.00. The third kappa shape index (κ3) is 7.32. The van der Waals surface area contributed by atoms with Crippen LogP contribution in [0.1, 0.15) is 25.0 Å². The number of rotatable bonds is 10. The van der Waals surface area contributed by atoms with Crippen LogP contribution in [0.15, 0.2) is 83.8 Å². The maximum atomic E-state index is 13.0. The molecule has 0 aliphatic heterocycles. The summed E-state index contributed by atoms with van der Waals surface area (Å²) in [6, 6.07) is 23.4. The Hall–Kier alpha value is -2.87. The van der Waals surface area contributed by atoms with E-state index in [0.29, 0.717) is 13.1 Å². The summed E-state index contributed by atoms with van der Waals surface area (Å²) in [5.41, 5.74) is 2.01. The van der Waals surface area contributed by atoms with Gasteiger partial charge < -0.3 is 9.64 Å². The van der Waals surface area contributed by atoms with Crippen LogP contribution in [0.5, 0.6) is 5.75 Å². The maximum absolute atomic E-state index is 13.0. The lowest BCUT2D eigenvalue weighted by molar-refractivity contribution is -0.134. The van der Waals surface area contributed by atoms with Gasteiger partial charge in [-0.25, -0.2) is 13.1 Å². The summed E-state index contributed by atoms with van der Waals surface area (Å²) >= 11 is 6.25. The summed E-state index contributed by atoms with van der Waals surface area (Å²) in [5, 5.41) is 0.118. The van der Waals surface area contributed by atoms with Crippen molar-refractivity contribution in [3.8, 4) is 5.75 Å². The number of amides is 1. The monoisotopic (exact) mass is 486 g/mol. The van der Waals surface area contributed by atoms with Crippen LogP contribution in [0.25, 0.3) is 0 Å². The molecule has 1 amide bonds. The van der Waals surface area contributed by atoms with Crippen molar-refractivity contribution in [2.45, 2.75) is 37.9 Å². The first-order valence-corrected chi connectivity index (χ1v) is 12.4. The fourth-order valence-electron chi connectivity index (χ4n) is 3.21. The largest absolute Gasteiger partial charge is 0.482 e. The third-order valence-electron chi connectivity index (χ3n) is 4.74. The number of carbonyl (C=O) groups is 1. The van der Waals surface area contributed by atoms with E-state index in [1.54, 1.807) is 18.7 Å². The Kier molecular flexibility index (Phi) is 8.49. The highest BCUT2D eigenvalue weighted by Crippen LogP contribution is 2.27. The molecular formula is C25H27ClN2O4S. The van der Waals surface area contributed by atoms with Gasteiger partial charge in [0.1, 0.15) is 5.75 Å². The molecule has 0 aliphatic rings. The van der Waals surface area contributed by atoms with Gasteiger partial charge in [0, 0.05) is 19.1 Å². The predicted molar refractivity (Wildman–Crippen MR) is 130 cm³/mol. The van der Waals surface area contributed by atoms with Crippen molar-refractivity contribution in [1.82, 2.24) is 9.62 Å². The van der Waals surface area contributed by atoms with Gasteiger partial charge in [-0.15, -0.1) is 0 Å². The molecule has 3 aromatic rings. The molecule has 174 valence electrons. The lowest BCUT2D eigenvalue weighted by Crippen LogP contribution is -2.34. The number of ether oxygens (including phenoxy) is 1. The molecule has 0 saturated carbocycles. The number of carbonyl (C=O) groups excluding carboxylic acids is 1. The van der Waals surface area contributed by atoms with E-state index in [1.165, 1.54) is 18.2 Å². The van der Waals surface area contributed by atoms with Crippen LogP contribution in [-0.2, 0) is 27.9 Å². The van der Waals surface area contributed by atoms with Crippen LogP contribution in [0.2, 0.25) is 5.02 Å². The summed E-state index contributed by atoms with van der Waals surface area (Å²) in [6.07, 6.45) is 0. The van der Waals surface area contributed by atoms with Gasteiger partial charge in [0.25, 0.3) is 5.91 Å². The highest BCUT2D eigenvalue weighted by atomic mass is 35.5. The van der Waals surface area contributed by atoms with Crippen LogP contribution >= 0.6 is 11.6 Å². The van der Waals surface area contributed by atoms with Gasteiger partial charge in [-0.1, -0.05) is 72.3 Å². The zero-order valence-corrected chi connectivity index (χ0v) is 20.1. The molecule has 0 fully saturated rings. The maximum Gasteiger partial charge on any atom is 0.261 e. The molecule has 0 atom stereocenters. The SMILES string of the molecule is CC(C)NS(=O)(=O)c1ccc(OCC(=O)N(Cc2ccccc2)Cc2ccccc2)c(Cl)c1. The number of nitrogens with one attached hydrogen (secondary N) is 1. The Labute approximate surface area is 200 Å². The van der Waals surface area contributed by atoms with E-state index in [-0.39, 0.29) is 34.2 Å². The summed E-state index contributed by atoms with van der Waals surface area (Å²) in [6.45, 7) is 4.11. The number of halogens is 1. The van der Waals surface area contributed by atoms with Gasteiger partial charge in [-0.2, -0.15) is 0 Å². The molecule has 33 heavy (non-hydrogen) atoms. The summed E-state index contributed by atoms with van der Waals surface area (Å²) < 4.78 is 32.8. The van der Waals surface area contributed by atoms with Crippen molar-refractivity contribution in [3.63, 3.8) is 0 Å². The number of benzene rings is 3. The smallest absolute Gasteiger partial charge is 0.261 e. The minimum absolute atomic E-state index is 0.0367. The zero-order chi connectivity index (χ0) is 23.8. The van der Waals surface area contributed by atoms with Crippen LogP contribution in [0, 0.1) is 0 Å². The van der Waals surface area contributed by atoms with Crippen LogP contribution in [0.3, 0.4) is 0 Å². The average Bonchev–Trinajstić information content (AvgIpc) is 2.78. The molecule has 0 saturated heterocycles. The molecular weight excluding hydrogens is 460 g/mol. The average molecular weight is 487 g/mol. The van der Waals surface area contributed by atoms with E-state index >= 15 is 0 Å². The zero-order valence-electron chi connectivity index (χ0n) is 18.6. The van der Waals surface area contributed by atoms with E-state index < -0.39 is 10.0 Å². The van der Waals surface area contributed by atoms with Crippen molar-refractivity contribution >= 4 is 27.5 Å². The van der Waals surface area contributed by atoms with E-state index in [9.17, 15) is 13.2 Å². The fourth-order valence-corrected chi connectivity index (χ4v) is 4.79. The van der Waals surface area contributed by atoms with Crippen LogP contribution in [0.4, 0.5) is 0 Å². The molecule has 0 aliphatic carbocycles. The van der Waals surface area contributed by atoms with E-state index in [4.69, 9.17) is 16.3 Å².